The van der Waals surface area contributed by atoms with Crippen molar-refractivity contribution in [2.45, 2.75) is 25.8 Å². The zero-order valence-electron chi connectivity index (χ0n) is 9.55. The quantitative estimate of drug-likeness (QED) is 0.680. The normalized spacial score (nSPS) is 11.9. The van der Waals surface area contributed by atoms with Crippen molar-refractivity contribution in [3.05, 3.63) is 17.8 Å². The summed E-state index contributed by atoms with van der Waals surface area (Å²) in [5.41, 5.74) is 0.131. The number of carboxylic acids is 2. The Bertz CT molecular complexity index is 466. The molecule has 0 amide bonds. The molecule has 0 radical (unpaired) electrons. The maximum absolute atomic E-state index is 13.7. The maximum Gasteiger partial charge on any atom is 0.326 e. The number of aliphatic carboxylic acids is 2. The summed E-state index contributed by atoms with van der Waals surface area (Å²) in [5.74, 6) is -3.78. The molecular weight excluding hydrogens is 245 g/mol. The van der Waals surface area contributed by atoms with E-state index in [1.54, 1.807) is 6.92 Å². The summed E-state index contributed by atoms with van der Waals surface area (Å²) in [5, 5.41) is 19.6. The van der Waals surface area contributed by atoms with Crippen LogP contribution >= 0.6 is 0 Å². The second-order valence-corrected chi connectivity index (χ2v) is 3.47. The number of halogens is 1. The molecule has 0 bridgehead atoms. The fourth-order valence-electron chi connectivity index (χ4n) is 1.29. The minimum Gasteiger partial charge on any atom is -0.481 e. The Morgan fingerprint density at radius 3 is 2.61 bits per heavy atom. The standard InChI is InChI=1S/C10H12FN3O4/c1-2-5-8(11)9(13-4-12-5)14-6(10(17)18)3-7(15)16/h4,6H,2-3H2,1H3,(H,15,16)(H,17,18)(H,12,13,14). The van der Waals surface area contributed by atoms with Crippen LogP contribution in [0.15, 0.2) is 6.33 Å². The van der Waals surface area contributed by atoms with Crippen LogP contribution in [0.2, 0.25) is 0 Å². The summed E-state index contributed by atoms with van der Waals surface area (Å²) in [4.78, 5) is 28.5. The number of aryl methyl sites for hydroxylation is 1. The van der Waals surface area contributed by atoms with Gasteiger partial charge >= 0.3 is 11.9 Å². The van der Waals surface area contributed by atoms with E-state index in [4.69, 9.17) is 10.2 Å². The fourth-order valence-corrected chi connectivity index (χ4v) is 1.29. The van der Waals surface area contributed by atoms with Crippen molar-refractivity contribution in [1.29, 1.82) is 0 Å². The molecule has 0 aliphatic heterocycles. The van der Waals surface area contributed by atoms with Gasteiger partial charge in [0.2, 0.25) is 0 Å². The van der Waals surface area contributed by atoms with Crippen molar-refractivity contribution < 1.29 is 24.2 Å². The Balaban J connectivity index is 2.93. The predicted molar refractivity (Wildman–Crippen MR) is 58.7 cm³/mol. The van der Waals surface area contributed by atoms with E-state index in [2.05, 4.69) is 15.3 Å². The molecule has 3 N–H and O–H groups in total. The van der Waals surface area contributed by atoms with E-state index in [1.807, 2.05) is 0 Å². The van der Waals surface area contributed by atoms with E-state index in [0.29, 0.717) is 6.42 Å². The molecule has 0 saturated heterocycles. The number of carboxylic acid groups (broad SMARTS) is 2. The first kappa shape index (κ1) is 13.8. The van der Waals surface area contributed by atoms with Gasteiger partial charge in [-0.2, -0.15) is 0 Å². The van der Waals surface area contributed by atoms with E-state index >= 15 is 0 Å². The minimum atomic E-state index is -1.45. The Hall–Kier alpha value is -2.25. The molecule has 0 aliphatic rings. The zero-order chi connectivity index (χ0) is 13.7. The van der Waals surface area contributed by atoms with Crippen molar-refractivity contribution >= 4 is 17.8 Å². The van der Waals surface area contributed by atoms with Crippen LogP contribution in [0.4, 0.5) is 10.2 Å². The molecule has 0 aromatic carbocycles. The number of hydrogen-bond donors (Lipinski definition) is 3. The molecule has 1 rings (SSSR count). The lowest BCUT2D eigenvalue weighted by Crippen LogP contribution is -2.32. The monoisotopic (exact) mass is 257 g/mol. The largest absolute Gasteiger partial charge is 0.481 e. The zero-order valence-corrected chi connectivity index (χ0v) is 9.55. The van der Waals surface area contributed by atoms with Crippen LogP contribution in [-0.2, 0) is 16.0 Å². The van der Waals surface area contributed by atoms with Gasteiger partial charge < -0.3 is 15.5 Å². The van der Waals surface area contributed by atoms with Gasteiger partial charge in [-0.15, -0.1) is 0 Å². The Labute approximate surface area is 102 Å². The molecule has 1 atom stereocenters. The van der Waals surface area contributed by atoms with E-state index < -0.39 is 30.2 Å². The SMILES string of the molecule is CCc1ncnc(NC(CC(=O)O)C(=O)O)c1F. The van der Waals surface area contributed by atoms with Crippen molar-refractivity contribution in [1.82, 2.24) is 9.97 Å². The topological polar surface area (TPSA) is 112 Å². The summed E-state index contributed by atoms with van der Waals surface area (Å²) in [6, 6.07) is -1.45. The van der Waals surface area contributed by atoms with Gasteiger partial charge in [0, 0.05) is 0 Å². The second-order valence-electron chi connectivity index (χ2n) is 3.47. The lowest BCUT2D eigenvalue weighted by molar-refractivity contribution is -0.144. The molecule has 0 fully saturated rings. The van der Waals surface area contributed by atoms with E-state index in [9.17, 15) is 14.0 Å². The summed E-state index contributed by atoms with van der Waals surface area (Å²) in [7, 11) is 0. The van der Waals surface area contributed by atoms with Crippen LogP contribution in [0.25, 0.3) is 0 Å². The molecule has 1 unspecified atom stereocenters. The molecule has 0 spiro atoms. The molecule has 1 aromatic heterocycles. The van der Waals surface area contributed by atoms with Gasteiger partial charge in [-0.05, 0) is 6.42 Å². The van der Waals surface area contributed by atoms with Gasteiger partial charge in [-0.25, -0.2) is 19.2 Å². The lowest BCUT2D eigenvalue weighted by atomic mass is 10.2. The number of carbonyl (C=O) groups is 2. The second kappa shape index (κ2) is 5.89. The van der Waals surface area contributed by atoms with Crippen LogP contribution in [0.5, 0.6) is 0 Å². The summed E-state index contributed by atoms with van der Waals surface area (Å²) >= 11 is 0. The predicted octanol–water partition coefficient (Wildman–Crippen LogP) is 0.518. The highest BCUT2D eigenvalue weighted by Gasteiger charge is 2.23. The van der Waals surface area contributed by atoms with Crippen LogP contribution in [0.1, 0.15) is 19.0 Å². The number of nitrogens with one attached hydrogen (secondary N) is 1. The molecule has 98 valence electrons. The summed E-state index contributed by atoms with van der Waals surface area (Å²) in [6.45, 7) is 1.68. The Kier molecular flexibility index (Phi) is 4.52. The molecule has 0 aliphatic carbocycles. The number of hydrogen-bond acceptors (Lipinski definition) is 5. The Morgan fingerprint density at radius 1 is 1.44 bits per heavy atom. The molecule has 1 heterocycles. The smallest absolute Gasteiger partial charge is 0.326 e. The minimum absolute atomic E-state index is 0.131. The van der Waals surface area contributed by atoms with Gasteiger partial charge in [-0.3, -0.25) is 4.79 Å². The van der Waals surface area contributed by atoms with Crippen LogP contribution < -0.4 is 5.32 Å². The number of aromatic nitrogens is 2. The van der Waals surface area contributed by atoms with Gasteiger partial charge in [-0.1, -0.05) is 6.92 Å². The van der Waals surface area contributed by atoms with Gasteiger partial charge in [0.05, 0.1) is 12.1 Å². The van der Waals surface area contributed by atoms with E-state index in [-0.39, 0.29) is 11.5 Å². The molecule has 1 aromatic rings. The van der Waals surface area contributed by atoms with Crippen molar-refractivity contribution in [2.24, 2.45) is 0 Å². The molecule has 8 heteroatoms. The van der Waals surface area contributed by atoms with Crippen molar-refractivity contribution in [2.75, 3.05) is 5.32 Å². The average molecular weight is 257 g/mol. The Morgan fingerprint density at radius 2 is 2.11 bits per heavy atom. The van der Waals surface area contributed by atoms with Crippen molar-refractivity contribution in [3.8, 4) is 0 Å². The highest BCUT2D eigenvalue weighted by Crippen LogP contribution is 2.15. The third kappa shape index (κ3) is 3.37. The van der Waals surface area contributed by atoms with E-state index in [0.717, 1.165) is 6.33 Å². The van der Waals surface area contributed by atoms with E-state index in [1.165, 1.54) is 0 Å². The summed E-state index contributed by atoms with van der Waals surface area (Å²) in [6.07, 6.45) is 0.726. The molecule has 0 saturated carbocycles. The molecule has 18 heavy (non-hydrogen) atoms. The first-order valence-electron chi connectivity index (χ1n) is 5.16. The molecule has 7 nitrogen and oxygen atoms in total. The van der Waals surface area contributed by atoms with Crippen LogP contribution in [0.3, 0.4) is 0 Å². The highest BCUT2D eigenvalue weighted by atomic mass is 19.1. The highest BCUT2D eigenvalue weighted by molar-refractivity contribution is 5.83. The van der Waals surface area contributed by atoms with Gasteiger partial charge in [0.25, 0.3) is 0 Å². The number of anilines is 1. The third-order valence-electron chi connectivity index (χ3n) is 2.18. The summed E-state index contributed by atoms with van der Waals surface area (Å²) < 4.78 is 13.7. The van der Waals surface area contributed by atoms with Crippen LogP contribution in [0, 0.1) is 5.82 Å². The number of nitrogens with zero attached hydrogens (tertiary/aromatic N) is 2. The fraction of sp³-hybridized carbons (Fsp3) is 0.400. The maximum atomic E-state index is 13.7. The van der Waals surface area contributed by atoms with Crippen molar-refractivity contribution in [3.63, 3.8) is 0 Å². The average Bonchev–Trinajstić information content (AvgIpc) is 2.30. The first-order chi connectivity index (χ1) is 8.45. The van der Waals surface area contributed by atoms with Crippen LogP contribution in [-0.4, -0.2) is 38.2 Å². The van der Waals surface area contributed by atoms with Gasteiger partial charge in [0.15, 0.2) is 11.6 Å². The van der Waals surface area contributed by atoms with Gasteiger partial charge in [0.1, 0.15) is 12.4 Å². The first-order valence-corrected chi connectivity index (χ1v) is 5.16. The molecular formula is C10H12FN3O4. The lowest BCUT2D eigenvalue weighted by Gasteiger charge is -2.13. The number of rotatable bonds is 6. The third-order valence-corrected chi connectivity index (χ3v) is 2.18.